The molecule has 2 aromatic carbocycles. The highest BCUT2D eigenvalue weighted by molar-refractivity contribution is 5.68. The molecule has 11 heteroatoms. The maximum absolute atomic E-state index is 6.11. The first-order valence-corrected chi connectivity index (χ1v) is 13.0. The van der Waals surface area contributed by atoms with Crippen molar-refractivity contribution in [3.05, 3.63) is 95.2 Å². The van der Waals surface area contributed by atoms with Crippen LogP contribution in [0.25, 0.3) is 17.0 Å². The Kier molecular flexibility index (Phi) is 5.69. The van der Waals surface area contributed by atoms with Crippen molar-refractivity contribution in [3.63, 3.8) is 0 Å². The first kappa shape index (κ1) is 23.9. The summed E-state index contributed by atoms with van der Waals surface area (Å²) in [5.41, 5.74) is 6.20. The zero-order valence-corrected chi connectivity index (χ0v) is 22.2. The van der Waals surface area contributed by atoms with E-state index in [9.17, 15) is 0 Å². The molecule has 40 heavy (non-hydrogen) atoms. The number of nitrogens with zero attached hydrogens (tertiary/aromatic N) is 7. The van der Waals surface area contributed by atoms with Gasteiger partial charge in [0.05, 0.1) is 24.3 Å². The second-order valence-corrected chi connectivity index (χ2v) is 9.61. The lowest BCUT2D eigenvalue weighted by Gasteiger charge is -2.24. The van der Waals surface area contributed by atoms with Crippen molar-refractivity contribution in [3.8, 4) is 34.6 Å². The molecule has 0 aliphatic carbocycles. The van der Waals surface area contributed by atoms with Gasteiger partial charge in [-0.1, -0.05) is 18.2 Å². The zero-order chi connectivity index (χ0) is 27.2. The molecule has 1 aliphatic heterocycles. The van der Waals surface area contributed by atoms with Crippen LogP contribution in [-0.2, 0) is 13.7 Å². The summed E-state index contributed by atoms with van der Waals surface area (Å²) in [6.07, 6.45) is 5.46. The minimum atomic E-state index is -0.215. The number of aromatic amines is 1. The van der Waals surface area contributed by atoms with Gasteiger partial charge >= 0.3 is 0 Å². The fraction of sp³-hybridized carbons (Fsp3) is 0.207. The Hall–Kier alpha value is -5.19. The summed E-state index contributed by atoms with van der Waals surface area (Å²) >= 11 is 0. The van der Waals surface area contributed by atoms with E-state index in [1.807, 2.05) is 81.8 Å². The van der Waals surface area contributed by atoms with E-state index in [1.165, 1.54) is 0 Å². The van der Waals surface area contributed by atoms with Crippen LogP contribution in [0.1, 0.15) is 40.8 Å². The highest BCUT2D eigenvalue weighted by Crippen LogP contribution is 2.48. The highest BCUT2D eigenvalue weighted by Gasteiger charge is 2.37. The van der Waals surface area contributed by atoms with Crippen LogP contribution in [-0.4, -0.2) is 46.2 Å². The molecule has 4 aromatic heterocycles. The number of aromatic nitrogens is 8. The van der Waals surface area contributed by atoms with E-state index in [-0.39, 0.29) is 5.92 Å². The molecule has 200 valence electrons. The fourth-order valence-electron chi connectivity index (χ4n) is 5.07. The number of nitrogens with one attached hydrogen (secondary N) is 1. The van der Waals surface area contributed by atoms with E-state index < -0.39 is 0 Å². The first-order chi connectivity index (χ1) is 19.6. The van der Waals surface area contributed by atoms with Gasteiger partial charge in [-0.05, 0) is 49.7 Å². The summed E-state index contributed by atoms with van der Waals surface area (Å²) in [5, 5.41) is 16.6. The average molecular weight is 535 g/mol. The molecule has 5 heterocycles. The Morgan fingerprint density at radius 2 is 1.85 bits per heavy atom. The number of ether oxygens (including phenoxy) is 3. The Bertz CT molecular complexity index is 1840. The summed E-state index contributed by atoms with van der Waals surface area (Å²) in [6, 6.07) is 15.6. The van der Waals surface area contributed by atoms with Crippen molar-refractivity contribution in [2.75, 3.05) is 6.61 Å². The number of hydrogen-bond acceptors (Lipinski definition) is 8. The maximum atomic E-state index is 6.11. The monoisotopic (exact) mass is 534 g/mol. The smallest absolute Gasteiger partial charge is 0.244 e. The normalized spacial score (nSPS) is 14.0. The highest BCUT2D eigenvalue weighted by atomic mass is 16.5. The predicted octanol–water partition coefficient (Wildman–Crippen LogP) is 4.82. The largest absolute Gasteiger partial charge is 0.494 e. The first-order valence-electron chi connectivity index (χ1n) is 13.0. The van der Waals surface area contributed by atoms with Crippen molar-refractivity contribution < 1.29 is 14.2 Å². The van der Waals surface area contributed by atoms with Gasteiger partial charge in [-0.2, -0.15) is 5.10 Å². The molecule has 0 radical (unpaired) electrons. The molecule has 0 unspecified atom stereocenters. The van der Waals surface area contributed by atoms with Crippen molar-refractivity contribution in [1.82, 2.24) is 39.6 Å². The quantitative estimate of drug-likeness (QED) is 0.309. The Labute approximate surface area is 229 Å². The molecule has 7 rings (SSSR count). The van der Waals surface area contributed by atoms with Crippen LogP contribution >= 0.6 is 0 Å². The Morgan fingerprint density at radius 1 is 1.02 bits per heavy atom. The van der Waals surface area contributed by atoms with Gasteiger partial charge in [0.15, 0.2) is 11.5 Å². The van der Waals surface area contributed by atoms with E-state index in [1.54, 1.807) is 15.5 Å². The summed E-state index contributed by atoms with van der Waals surface area (Å²) < 4.78 is 21.1. The maximum Gasteiger partial charge on any atom is 0.244 e. The molecule has 6 aromatic rings. The third kappa shape index (κ3) is 4.12. The molecule has 1 aliphatic rings. The predicted molar refractivity (Wildman–Crippen MR) is 146 cm³/mol. The molecule has 0 amide bonds. The van der Waals surface area contributed by atoms with Crippen LogP contribution in [0.15, 0.2) is 67.3 Å². The van der Waals surface area contributed by atoms with Gasteiger partial charge in [0.1, 0.15) is 24.4 Å². The second kappa shape index (κ2) is 9.53. The fourth-order valence-corrected chi connectivity index (χ4v) is 5.07. The van der Waals surface area contributed by atoms with Crippen molar-refractivity contribution >= 4 is 5.65 Å². The van der Waals surface area contributed by atoms with Crippen LogP contribution in [0.5, 0.6) is 23.3 Å². The molecule has 0 saturated heterocycles. The summed E-state index contributed by atoms with van der Waals surface area (Å²) in [5.74, 6) is 2.92. The number of rotatable bonds is 7. The van der Waals surface area contributed by atoms with Gasteiger partial charge in [-0.25, -0.2) is 14.5 Å². The summed E-state index contributed by atoms with van der Waals surface area (Å²) in [7, 11) is 1.90. The van der Waals surface area contributed by atoms with E-state index in [4.69, 9.17) is 24.3 Å². The van der Waals surface area contributed by atoms with Crippen LogP contribution in [0.3, 0.4) is 0 Å². The molecule has 1 N–H and O–H groups in total. The molecule has 11 nitrogen and oxygen atoms in total. The third-order valence-corrected chi connectivity index (χ3v) is 6.90. The van der Waals surface area contributed by atoms with Gasteiger partial charge in [0.25, 0.3) is 0 Å². The molecule has 0 saturated carbocycles. The molecule has 0 fully saturated rings. The lowest BCUT2D eigenvalue weighted by atomic mass is 9.86. The summed E-state index contributed by atoms with van der Waals surface area (Å²) in [6.45, 7) is 4.98. The molecular weight excluding hydrogens is 508 g/mol. The Morgan fingerprint density at radius 3 is 2.62 bits per heavy atom. The minimum absolute atomic E-state index is 0.215. The topological polar surface area (TPSA) is 117 Å². The lowest BCUT2D eigenvalue weighted by Crippen LogP contribution is -2.14. The second-order valence-electron chi connectivity index (χ2n) is 9.61. The van der Waals surface area contributed by atoms with Crippen LogP contribution in [0.2, 0.25) is 0 Å². The van der Waals surface area contributed by atoms with Gasteiger partial charge in [-0.15, -0.1) is 10.2 Å². The molecule has 0 bridgehead atoms. The number of H-pyrrole nitrogens is 1. The number of aryl methyl sites for hydroxylation is 2. The van der Waals surface area contributed by atoms with E-state index in [2.05, 4.69) is 20.3 Å². The molecule has 1 atom stereocenters. The number of fused-ring (bicyclic) bond motifs is 4. The van der Waals surface area contributed by atoms with Crippen LogP contribution in [0, 0.1) is 6.92 Å². The average Bonchev–Trinajstić information content (AvgIpc) is 3.70. The van der Waals surface area contributed by atoms with Gasteiger partial charge < -0.3 is 14.2 Å². The third-order valence-electron chi connectivity index (χ3n) is 6.90. The van der Waals surface area contributed by atoms with Crippen molar-refractivity contribution in [2.45, 2.75) is 26.4 Å². The number of benzene rings is 2. The zero-order valence-electron chi connectivity index (χ0n) is 22.2. The van der Waals surface area contributed by atoms with Crippen molar-refractivity contribution in [1.29, 1.82) is 0 Å². The summed E-state index contributed by atoms with van der Waals surface area (Å²) in [4.78, 5) is 9.54. The standard InChI is InChI=1S/C29H26N8O3/c1-4-38-21-8-10-22(11-9-21)39-15-18-6-5-7-19(12-18)26-32-27-25-24(20-13-31-36(3)14-20)23-17(2)33-34-29(23)40-28(25)30-16-37(27)35-26/h5-14,16,24H,4,15H2,1-3H3,(H,33,34)/t24-/m1/s1. The lowest BCUT2D eigenvalue weighted by molar-refractivity contribution is 0.304. The van der Waals surface area contributed by atoms with Crippen LogP contribution < -0.4 is 14.2 Å². The van der Waals surface area contributed by atoms with E-state index >= 15 is 0 Å². The van der Waals surface area contributed by atoms with Crippen LogP contribution in [0.4, 0.5) is 0 Å². The minimum Gasteiger partial charge on any atom is -0.494 e. The Balaban J connectivity index is 1.23. The van der Waals surface area contributed by atoms with Gasteiger partial charge in [-0.3, -0.25) is 9.78 Å². The number of hydrogen-bond donors (Lipinski definition) is 1. The molecular formula is C29H26N8O3. The SMILES string of the molecule is CCOc1ccc(OCc2cccc(-c3nc4c5c(ncn4n3)Oc3n[nH]c(C)c3[C@H]5c3cnn(C)c3)c2)cc1. The van der Waals surface area contributed by atoms with Gasteiger partial charge in [0.2, 0.25) is 11.8 Å². The van der Waals surface area contributed by atoms with Crippen molar-refractivity contribution in [2.24, 2.45) is 7.05 Å². The van der Waals surface area contributed by atoms with E-state index in [0.717, 1.165) is 45.0 Å². The molecule has 0 spiro atoms. The van der Waals surface area contributed by atoms with Gasteiger partial charge in [0, 0.05) is 35.6 Å². The van der Waals surface area contributed by atoms with E-state index in [0.29, 0.717) is 36.4 Å².